The molecule has 0 radical (unpaired) electrons. The number of benzene rings is 1. The Kier molecular flexibility index (Phi) is 5.70. The van der Waals surface area contributed by atoms with Gasteiger partial charge in [0.05, 0.1) is 11.1 Å². The molecule has 1 amide bonds. The highest BCUT2D eigenvalue weighted by molar-refractivity contribution is 5.99. The van der Waals surface area contributed by atoms with E-state index >= 15 is 0 Å². The van der Waals surface area contributed by atoms with Crippen LogP contribution in [0.3, 0.4) is 0 Å². The highest BCUT2D eigenvalue weighted by atomic mass is 19.1. The number of amides is 1. The maximum atomic E-state index is 14.5. The molecule has 1 atom stereocenters. The SMILES string of the molecule is CC(C)C(CN)Nc1nc(Nc2ccc3ncccc3c2)c(C(N)=O)cc1F. The minimum atomic E-state index is -0.776. The number of fused-ring (bicyclic) bond motifs is 1. The van der Waals surface area contributed by atoms with Crippen molar-refractivity contribution in [1.29, 1.82) is 0 Å². The first-order valence-corrected chi connectivity index (χ1v) is 8.97. The molecule has 0 saturated heterocycles. The van der Waals surface area contributed by atoms with E-state index in [9.17, 15) is 9.18 Å². The fraction of sp³-hybridized carbons (Fsp3) is 0.250. The number of nitrogens with one attached hydrogen (secondary N) is 2. The molecule has 0 spiro atoms. The van der Waals surface area contributed by atoms with Gasteiger partial charge in [0.25, 0.3) is 5.91 Å². The number of halogens is 1. The average molecular weight is 382 g/mol. The van der Waals surface area contributed by atoms with E-state index in [4.69, 9.17) is 11.5 Å². The summed E-state index contributed by atoms with van der Waals surface area (Å²) in [6, 6.07) is 10.2. The van der Waals surface area contributed by atoms with E-state index in [1.807, 2.05) is 38.1 Å². The molecule has 3 aromatic rings. The zero-order chi connectivity index (χ0) is 20.3. The van der Waals surface area contributed by atoms with E-state index < -0.39 is 11.7 Å². The van der Waals surface area contributed by atoms with Crippen molar-refractivity contribution in [3.8, 4) is 0 Å². The molecule has 1 aromatic carbocycles. The van der Waals surface area contributed by atoms with Crippen LogP contribution < -0.4 is 22.1 Å². The number of aromatic nitrogens is 2. The van der Waals surface area contributed by atoms with Gasteiger partial charge in [-0.1, -0.05) is 19.9 Å². The maximum absolute atomic E-state index is 14.5. The molecule has 8 heteroatoms. The molecule has 1 unspecified atom stereocenters. The second-order valence-electron chi connectivity index (χ2n) is 6.85. The lowest BCUT2D eigenvalue weighted by molar-refractivity contribution is 0.100. The molecule has 0 bridgehead atoms. The smallest absolute Gasteiger partial charge is 0.252 e. The van der Waals surface area contributed by atoms with E-state index in [1.165, 1.54) is 0 Å². The Morgan fingerprint density at radius 3 is 2.68 bits per heavy atom. The third-order valence-corrected chi connectivity index (χ3v) is 4.49. The molecule has 7 nitrogen and oxygen atoms in total. The lowest BCUT2D eigenvalue weighted by Crippen LogP contribution is -2.34. The van der Waals surface area contributed by atoms with Crippen molar-refractivity contribution < 1.29 is 9.18 Å². The number of nitrogens with two attached hydrogens (primary N) is 2. The molecule has 0 saturated carbocycles. The Balaban J connectivity index is 1.99. The van der Waals surface area contributed by atoms with Crippen molar-refractivity contribution in [2.75, 3.05) is 17.2 Å². The number of carbonyl (C=O) groups is 1. The van der Waals surface area contributed by atoms with Gasteiger partial charge < -0.3 is 22.1 Å². The van der Waals surface area contributed by atoms with Crippen LogP contribution >= 0.6 is 0 Å². The second-order valence-corrected chi connectivity index (χ2v) is 6.85. The van der Waals surface area contributed by atoms with Crippen molar-refractivity contribution in [3.05, 3.63) is 54.0 Å². The molecule has 28 heavy (non-hydrogen) atoms. The van der Waals surface area contributed by atoms with Gasteiger partial charge in [-0.2, -0.15) is 0 Å². The Labute approximate surface area is 162 Å². The van der Waals surface area contributed by atoms with Crippen LogP contribution in [0.4, 0.5) is 21.7 Å². The molecule has 0 aliphatic carbocycles. The van der Waals surface area contributed by atoms with E-state index in [-0.39, 0.29) is 29.2 Å². The highest BCUT2D eigenvalue weighted by Gasteiger charge is 2.19. The predicted octanol–water partition coefficient (Wildman–Crippen LogP) is 3.01. The largest absolute Gasteiger partial charge is 0.365 e. The van der Waals surface area contributed by atoms with Gasteiger partial charge in [0.1, 0.15) is 5.82 Å². The van der Waals surface area contributed by atoms with Gasteiger partial charge in [0.2, 0.25) is 0 Å². The summed E-state index contributed by atoms with van der Waals surface area (Å²) in [6.45, 7) is 4.27. The molecule has 2 aromatic heterocycles. The second kappa shape index (κ2) is 8.18. The van der Waals surface area contributed by atoms with Gasteiger partial charge in [-0.05, 0) is 36.2 Å². The molecule has 146 valence electrons. The monoisotopic (exact) mass is 382 g/mol. The summed E-state index contributed by atoms with van der Waals surface area (Å²) in [5.41, 5.74) is 12.6. The van der Waals surface area contributed by atoms with Crippen LogP contribution in [0.25, 0.3) is 10.9 Å². The summed E-state index contributed by atoms with van der Waals surface area (Å²) in [7, 11) is 0. The van der Waals surface area contributed by atoms with Gasteiger partial charge in [-0.15, -0.1) is 0 Å². The number of nitrogens with zero attached hydrogens (tertiary/aromatic N) is 2. The Hall–Kier alpha value is -3.26. The van der Waals surface area contributed by atoms with E-state index in [0.29, 0.717) is 12.2 Å². The molecule has 0 aliphatic heterocycles. The number of hydrogen-bond donors (Lipinski definition) is 4. The van der Waals surface area contributed by atoms with E-state index in [1.54, 1.807) is 12.3 Å². The fourth-order valence-corrected chi connectivity index (χ4v) is 2.84. The zero-order valence-electron chi connectivity index (χ0n) is 15.7. The minimum Gasteiger partial charge on any atom is -0.365 e. The highest BCUT2D eigenvalue weighted by Crippen LogP contribution is 2.26. The molecule has 0 aliphatic rings. The van der Waals surface area contributed by atoms with Gasteiger partial charge in [0.15, 0.2) is 11.6 Å². The molecule has 6 N–H and O–H groups in total. The van der Waals surface area contributed by atoms with Gasteiger partial charge in [-0.25, -0.2) is 9.37 Å². The van der Waals surface area contributed by atoms with E-state index in [2.05, 4.69) is 20.6 Å². The number of anilines is 3. The molecule has 2 heterocycles. The van der Waals surface area contributed by atoms with E-state index in [0.717, 1.165) is 17.0 Å². The first kappa shape index (κ1) is 19.5. The minimum absolute atomic E-state index is 0.0131. The summed E-state index contributed by atoms with van der Waals surface area (Å²) in [6.07, 6.45) is 1.71. The standard InChI is InChI=1S/C20H23FN6O/c1-11(2)17(10-22)26-20-15(21)9-14(18(23)28)19(27-20)25-13-5-6-16-12(8-13)4-3-7-24-16/h3-9,11,17H,10,22H2,1-2H3,(H2,23,28)(H2,25,26,27). The van der Waals surface area contributed by atoms with Crippen molar-refractivity contribution >= 4 is 34.1 Å². The van der Waals surface area contributed by atoms with Gasteiger partial charge in [-0.3, -0.25) is 9.78 Å². The molecular weight excluding hydrogens is 359 g/mol. The molecule has 0 fully saturated rings. The average Bonchev–Trinajstić information content (AvgIpc) is 2.67. The maximum Gasteiger partial charge on any atom is 0.252 e. The quantitative estimate of drug-likeness (QED) is 0.499. The molecule has 3 rings (SSSR count). The number of pyridine rings is 2. The van der Waals surface area contributed by atoms with Crippen molar-refractivity contribution in [3.63, 3.8) is 0 Å². The lowest BCUT2D eigenvalue weighted by Gasteiger charge is -2.22. The van der Waals surface area contributed by atoms with Gasteiger partial charge >= 0.3 is 0 Å². The normalized spacial score (nSPS) is 12.2. The lowest BCUT2D eigenvalue weighted by atomic mass is 10.0. The summed E-state index contributed by atoms with van der Waals surface area (Å²) >= 11 is 0. The van der Waals surface area contributed by atoms with Gasteiger partial charge in [0, 0.05) is 29.9 Å². The Morgan fingerprint density at radius 2 is 2.00 bits per heavy atom. The topological polar surface area (TPSA) is 119 Å². The summed E-state index contributed by atoms with van der Waals surface area (Å²) in [5.74, 6) is -1.09. The van der Waals surface area contributed by atoms with Crippen LogP contribution in [-0.2, 0) is 0 Å². The Bertz CT molecular complexity index is 1010. The fourth-order valence-electron chi connectivity index (χ4n) is 2.84. The zero-order valence-corrected chi connectivity index (χ0v) is 15.7. The Morgan fingerprint density at radius 1 is 1.21 bits per heavy atom. The third kappa shape index (κ3) is 4.17. The predicted molar refractivity (Wildman–Crippen MR) is 109 cm³/mol. The number of carbonyl (C=O) groups excluding carboxylic acids is 1. The van der Waals surface area contributed by atoms with Crippen molar-refractivity contribution in [2.24, 2.45) is 17.4 Å². The van der Waals surface area contributed by atoms with Crippen molar-refractivity contribution in [2.45, 2.75) is 19.9 Å². The summed E-state index contributed by atoms with van der Waals surface area (Å²) in [5, 5.41) is 6.98. The number of primary amides is 1. The number of rotatable bonds is 7. The molecular formula is C20H23FN6O. The third-order valence-electron chi connectivity index (χ3n) is 4.49. The van der Waals surface area contributed by atoms with Crippen molar-refractivity contribution in [1.82, 2.24) is 9.97 Å². The summed E-state index contributed by atoms with van der Waals surface area (Å²) in [4.78, 5) is 20.3. The van der Waals surface area contributed by atoms with Crippen LogP contribution in [0, 0.1) is 11.7 Å². The summed E-state index contributed by atoms with van der Waals surface area (Å²) < 4.78 is 14.5. The first-order valence-electron chi connectivity index (χ1n) is 8.97. The van der Waals surface area contributed by atoms with Crippen LogP contribution in [0.1, 0.15) is 24.2 Å². The van der Waals surface area contributed by atoms with Crippen LogP contribution in [-0.4, -0.2) is 28.5 Å². The van der Waals surface area contributed by atoms with Crippen LogP contribution in [0.2, 0.25) is 0 Å². The first-order chi connectivity index (χ1) is 13.4. The number of hydrogen-bond acceptors (Lipinski definition) is 6. The van der Waals surface area contributed by atoms with Crippen LogP contribution in [0.5, 0.6) is 0 Å². The van der Waals surface area contributed by atoms with Crippen LogP contribution in [0.15, 0.2) is 42.6 Å².